The van der Waals surface area contributed by atoms with Crippen molar-refractivity contribution in [3.05, 3.63) is 59.5 Å². The maximum atomic E-state index is 12.4. The number of nitrogen functional groups attached to an aromatic ring is 1. The van der Waals surface area contributed by atoms with Gasteiger partial charge in [0.1, 0.15) is 11.8 Å². The summed E-state index contributed by atoms with van der Waals surface area (Å²) in [5.74, 6) is 1.08. The molecule has 31 heavy (non-hydrogen) atoms. The molecule has 0 saturated heterocycles. The van der Waals surface area contributed by atoms with Gasteiger partial charge in [0.15, 0.2) is 11.6 Å². The minimum Gasteiger partial charge on any atom is -0.480 e. The van der Waals surface area contributed by atoms with E-state index in [0.29, 0.717) is 17.5 Å². The number of ether oxygens (including phenoxy) is 1. The molecule has 0 aliphatic heterocycles. The third-order valence-electron chi connectivity index (χ3n) is 5.49. The van der Waals surface area contributed by atoms with Crippen LogP contribution in [0.1, 0.15) is 23.2 Å². The van der Waals surface area contributed by atoms with E-state index >= 15 is 0 Å². The largest absolute Gasteiger partial charge is 0.480 e. The van der Waals surface area contributed by atoms with Gasteiger partial charge in [-0.2, -0.15) is 0 Å². The summed E-state index contributed by atoms with van der Waals surface area (Å²) >= 11 is 0. The number of nitrogens with one attached hydrogen (secondary N) is 1. The predicted molar refractivity (Wildman–Crippen MR) is 116 cm³/mol. The molecule has 0 bridgehead atoms. The van der Waals surface area contributed by atoms with Crippen LogP contribution in [0.3, 0.4) is 0 Å². The number of carbonyl (C=O) groups is 1. The SMILES string of the molecule is COc1ccc(NC(=O)Cc2ccc(-n3c4c(c5ncnc(N)c53)CCC4)cc2)nn1. The second-order valence-corrected chi connectivity index (χ2v) is 7.42. The molecule has 1 aliphatic carbocycles. The molecule has 0 saturated carbocycles. The Morgan fingerprint density at radius 2 is 1.97 bits per heavy atom. The van der Waals surface area contributed by atoms with E-state index in [1.807, 2.05) is 24.3 Å². The molecule has 1 aromatic carbocycles. The molecule has 0 atom stereocenters. The van der Waals surface area contributed by atoms with Gasteiger partial charge in [-0.15, -0.1) is 10.2 Å². The molecule has 156 valence electrons. The Bertz CT molecular complexity index is 1260. The Balaban J connectivity index is 1.38. The number of carbonyl (C=O) groups excluding carboxylic acids is 1. The summed E-state index contributed by atoms with van der Waals surface area (Å²) in [6.07, 6.45) is 4.84. The first-order valence-electron chi connectivity index (χ1n) is 10.0. The third kappa shape index (κ3) is 3.43. The summed E-state index contributed by atoms with van der Waals surface area (Å²) in [5.41, 5.74) is 12.4. The monoisotopic (exact) mass is 415 g/mol. The quantitative estimate of drug-likeness (QED) is 0.514. The summed E-state index contributed by atoms with van der Waals surface area (Å²) in [7, 11) is 1.51. The van der Waals surface area contributed by atoms with Crippen molar-refractivity contribution in [1.29, 1.82) is 0 Å². The van der Waals surface area contributed by atoms with Gasteiger partial charge in [-0.05, 0) is 48.6 Å². The van der Waals surface area contributed by atoms with Crippen molar-refractivity contribution in [3.8, 4) is 11.6 Å². The summed E-state index contributed by atoms with van der Waals surface area (Å²) < 4.78 is 7.13. The van der Waals surface area contributed by atoms with E-state index in [2.05, 4.69) is 30.0 Å². The van der Waals surface area contributed by atoms with Crippen LogP contribution in [0.5, 0.6) is 5.88 Å². The molecule has 4 aromatic rings. The van der Waals surface area contributed by atoms with Crippen molar-refractivity contribution in [2.75, 3.05) is 18.2 Å². The first-order chi connectivity index (χ1) is 15.1. The van der Waals surface area contributed by atoms with Gasteiger partial charge < -0.3 is 20.4 Å². The van der Waals surface area contributed by atoms with Crippen molar-refractivity contribution in [3.63, 3.8) is 0 Å². The lowest BCUT2D eigenvalue weighted by molar-refractivity contribution is -0.115. The second-order valence-electron chi connectivity index (χ2n) is 7.42. The van der Waals surface area contributed by atoms with Crippen LogP contribution in [0.15, 0.2) is 42.7 Å². The standard InChI is InChI=1S/C22H21N7O2/c1-31-19-10-9-17(27-28-19)26-18(30)11-13-5-7-14(8-6-13)29-16-4-2-3-15(16)20-21(29)22(23)25-12-24-20/h5-10,12H,2-4,11H2,1H3,(H2,23,24,25)(H,26,27,30). The molecular formula is C22H21N7O2. The highest BCUT2D eigenvalue weighted by Crippen LogP contribution is 2.36. The van der Waals surface area contributed by atoms with Crippen LogP contribution in [0, 0.1) is 0 Å². The Labute approximate surface area is 178 Å². The lowest BCUT2D eigenvalue weighted by atomic mass is 10.1. The number of nitrogens with zero attached hydrogens (tertiary/aromatic N) is 5. The van der Waals surface area contributed by atoms with Gasteiger partial charge in [0.25, 0.3) is 0 Å². The summed E-state index contributed by atoms with van der Waals surface area (Å²) in [4.78, 5) is 21.0. The summed E-state index contributed by atoms with van der Waals surface area (Å²) in [5, 5.41) is 10.5. The van der Waals surface area contributed by atoms with Gasteiger partial charge in [0.2, 0.25) is 11.8 Å². The van der Waals surface area contributed by atoms with Crippen molar-refractivity contribution >= 4 is 28.6 Å². The second kappa shape index (κ2) is 7.67. The average molecular weight is 415 g/mol. The number of aryl methyl sites for hydroxylation is 1. The topological polar surface area (TPSA) is 121 Å². The molecule has 3 N–H and O–H groups in total. The lowest BCUT2D eigenvalue weighted by Gasteiger charge is -2.11. The Morgan fingerprint density at radius 3 is 2.71 bits per heavy atom. The zero-order chi connectivity index (χ0) is 21.4. The first kappa shape index (κ1) is 19.0. The zero-order valence-corrected chi connectivity index (χ0v) is 17.0. The Hall–Kier alpha value is -4.01. The van der Waals surface area contributed by atoms with E-state index in [0.717, 1.165) is 41.5 Å². The van der Waals surface area contributed by atoms with Crippen molar-refractivity contribution < 1.29 is 9.53 Å². The van der Waals surface area contributed by atoms with Gasteiger partial charge in [0, 0.05) is 17.4 Å². The number of hydrogen-bond donors (Lipinski definition) is 2. The fourth-order valence-corrected chi connectivity index (χ4v) is 4.11. The van der Waals surface area contributed by atoms with Crippen LogP contribution in [0.25, 0.3) is 16.7 Å². The minimum absolute atomic E-state index is 0.169. The van der Waals surface area contributed by atoms with E-state index in [9.17, 15) is 4.79 Å². The van der Waals surface area contributed by atoms with Gasteiger partial charge in [-0.3, -0.25) is 4.79 Å². The minimum atomic E-state index is -0.169. The van der Waals surface area contributed by atoms with Crippen LogP contribution in [0.4, 0.5) is 11.6 Å². The van der Waals surface area contributed by atoms with E-state index in [-0.39, 0.29) is 12.3 Å². The number of anilines is 2. The lowest BCUT2D eigenvalue weighted by Crippen LogP contribution is -2.15. The van der Waals surface area contributed by atoms with Crippen LogP contribution < -0.4 is 15.8 Å². The maximum Gasteiger partial charge on any atom is 0.233 e. The number of aromatic nitrogens is 5. The molecule has 1 aliphatic rings. The summed E-state index contributed by atoms with van der Waals surface area (Å²) in [6.45, 7) is 0. The first-order valence-corrected chi connectivity index (χ1v) is 10.0. The molecule has 0 spiro atoms. The van der Waals surface area contributed by atoms with Crippen LogP contribution >= 0.6 is 0 Å². The molecule has 0 unspecified atom stereocenters. The molecular weight excluding hydrogens is 394 g/mol. The van der Waals surface area contributed by atoms with Crippen LogP contribution in [-0.4, -0.2) is 37.7 Å². The van der Waals surface area contributed by atoms with Gasteiger partial charge in [0.05, 0.1) is 19.0 Å². The number of benzene rings is 1. The number of fused-ring (bicyclic) bond motifs is 3. The van der Waals surface area contributed by atoms with E-state index in [1.54, 1.807) is 12.1 Å². The van der Waals surface area contributed by atoms with E-state index in [4.69, 9.17) is 10.5 Å². The van der Waals surface area contributed by atoms with Crippen molar-refractivity contribution in [1.82, 2.24) is 24.7 Å². The average Bonchev–Trinajstić information content (AvgIpc) is 3.37. The zero-order valence-electron chi connectivity index (χ0n) is 17.0. The highest BCUT2D eigenvalue weighted by molar-refractivity contribution is 5.92. The summed E-state index contributed by atoms with van der Waals surface area (Å²) in [6, 6.07) is 11.2. The highest BCUT2D eigenvalue weighted by Gasteiger charge is 2.25. The molecule has 5 rings (SSSR count). The fourth-order valence-electron chi connectivity index (χ4n) is 4.11. The van der Waals surface area contributed by atoms with Crippen molar-refractivity contribution in [2.45, 2.75) is 25.7 Å². The van der Waals surface area contributed by atoms with E-state index < -0.39 is 0 Å². The molecule has 9 heteroatoms. The number of amides is 1. The Morgan fingerprint density at radius 1 is 1.13 bits per heavy atom. The molecule has 9 nitrogen and oxygen atoms in total. The molecule has 3 heterocycles. The molecule has 0 radical (unpaired) electrons. The van der Waals surface area contributed by atoms with Crippen molar-refractivity contribution in [2.24, 2.45) is 0 Å². The molecule has 3 aromatic heterocycles. The number of rotatable bonds is 5. The third-order valence-corrected chi connectivity index (χ3v) is 5.49. The van der Waals surface area contributed by atoms with Gasteiger partial charge in [-0.25, -0.2) is 9.97 Å². The Kier molecular flexibility index (Phi) is 4.70. The molecule has 1 amide bonds. The maximum absolute atomic E-state index is 12.4. The number of methoxy groups -OCH3 is 1. The molecule has 0 fully saturated rings. The van der Waals surface area contributed by atoms with Gasteiger partial charge >= 0.3 is 0 Å². The normalized spacial score (nSPS) is 12.7. The number of hydrogen-bond acceptors (Lipinski definition) is 7. The van der Waals surface area contributed by atoms with E-state index in [1.165, 1.54) is 24.7 Å². The van der Waals surface area contributed by atoms with Crippen LogP contribution in [0.2, 0.25) is 0 Å². The number of nitrogens with two attached hydrogens (primary N) is 1. The highest BCUT2D eigenvalue weighted by atomic mass is 16.5. The smallest absolute Gasteiger partial charge is 0.233 e. The predicted octanol–water partition coefficient (Wildman–Crippen LogP) is 2.47. The van der Waals surface area contributed by atoms with Crippen LogP contribution in [-0.2, 0) is 24.1 Å². The fraction of sp³-hybridized carbons (Fsp3) is 0.227. The van der Waals surface area contributed by atoms with Gasteiger partial charge in [-0.1, -0.05) is 12.1 Å².